The van der Waals surface area contributed by atoms with Crippen LogP contribution in [0.2, 0.25) is 0 Å². The van der Waals surface area contributed by atoms with Gasteiger partial charge in [0.15, 0.2) is 0 Å². The summed E-state index contributed by atoms with van der Waals surface area (Å²) in [4.78, 5) is 195. The Labute approximate surface area is 609 Å². The van der Waals surface area contributed by atoms with Crippen LogP contribution in [0.25, 0.3) is 0 Å². The van der Waals surface area contributed by atoms with Crippen molar-refractivity contribution in [1.29, 1.82) is 0 Å². The van der Waals surface area contributed by atoms with E-state index >= 15 is 0 Å². The van der Waals surface area contributed by atoms with Gasteiger partial charge in [0.05, 0.1) is 39.6 Å². The van der Waals surface area contributed by atoms with Gasteiger partial charge in [0.2, 0.25) is 23.6 Å². The molecule has 3 aliphatic heterocycles. The summed E-state index contributed by atoms with van der Waals surface area (Å²) in [6.45, 7) is 3.69. The Balaban J connectivity index is 1.19. The largest absolute Gasteiger partial charge is 0.381 e. The van der Waals surface area contributed by atoms with Crippen molar-refractivity contribution in [3.63, 3.8) is 0 Å². The van der Waals surface area contributed by atoms with Crippen molar-refractivity contribution >= 4 is 88.5 Å². The van der Waals surface area contributed by atoms with Gasteiger partial charge in [-0.15, -0.1) is 15.2 Å². The molecule has 103 heavy (non-hydrogen) atoms. The van der Waals surface area contributed by atoms with Gasteiger partial charge in [-0.25, -0.2) is 14.4 Å². The molecule has 0 aromatic heterocycles. The van der Waals surface area contributed by atoms with Crippen molar-refractivity contribution in [2.75, 3.05) is 65.8 Å². The number of hydrogen-bond acceptors (Lipinski definition) is 21. The van der Waals surface area contributed by atoms with Crippen LogP contribution in [0.5, 0.6) is 0 Å². The number of unbranched alkanes of at least 4 members (excludes halogenated alkanes) is 26. The van der Waals surface area contributed by atoms with Crippen LogP contribution in [-0.4, -0.2) is 170 Å². The van der Waals surface area contributed by atoms with Crippen LogP contribution in [0.15, 0.2) is 0 Å². The van der Waals surface area contributed by atoms with Crippen molar-refractivity contribution in [2.24, 2.45) is 5.92 Å². The van der Waals surface area contributed by atoms with Crippen molar-refractivity contribution in [1.82, 2.24) is 36.5 Å². The van der Waals surface area contributed by atoms with E-state index in [1.165, 1.54) is 0 Å². The first-order valence-corrected chi connectivity index (χ1v) is 38.9. The van der Waals surface area contributed by atoms with Crippen molar-refractivity contribution in [3.8, 4) is 0 Å². The maximum Gasteiger partial charge on any atom is 0.333 e. The van der Waals surface area contributed by atoms with Crippen molar-refractivity contribution in [2.45, 2.75) is 315 Å². The number of hydroxylamine groups is 6. The standard InChI is InChI=1S/C75H123N7O21/c83-61(34-22-10-3-4-14-26-38-73(95)101-80-67(89)41-42-68(80)90)33-21-9-1-2-11-23-35-62(84)47-54-98-57-60(58-99-55-48-65(87)78-52-31-17-5-12-24-36-63(85)76-50-29-19-7-15-27-39-74(96)102-81-69(91)43-44-70(81)92)59-100-56-49-66(88)79-53-32-18-6-13-25-37-64(86)77-51-30-20-8-16-28-40-75(97)103-82-71(93)45-46-72(82)94/h60H,1-59H2,(H,76,85)(H,77,86)(H,78,87)(H,79,88). The minimum atomic E-state index is -0.589. The molecule has 0 atom stereocenters. The molecule has 0 aliphatic carbocycles. The Morgan fingerprint density at radius 2 is 0.456 bits per heavy atom. The van der Waals surface area contributed by atoms with E-state index in [1.807, 2.05) is 0 Å². The average molecular weight is 1460 g/mol. The number of rotatable bonds is 68. The molecule has 584 valence electrons. The number of imide groups is 3. The molecule has 0 spiro atoms. The van der Waals surface area contributed by atoms with Crippen LogP contribution in [0.3, 0.4) is 0 Å². The van der Waals surface area contributed by atoms with Crippen molar-refractivity contribution in [3.05, 3.63) is 0 Å². The first kappa shape index (κ1) is 90.1. The van der Waals surface area contributed by atoms with Crippen LogP contribution in [0.1, 0.15) is 315 Å². The Kier molecular flexibility index (Phi) is 51.8. The Bertz CT molecular complexity index is 2270. The van der Waals surface area contributed by atoms with Crippen LogP contribution >= 0.6 is 0 Å². The highest BCUT2D eigenvalue weighted by molar-refractivity contribution is 6.03. The Hall–Kier alpha value is -7.07. The molecule has 28 nitrogen and oxygen atoms in total. The molecule has 0 aromatic rings. The monoisotopic (exact) mass is 1460 g/mol. The Morgan fingerprint density at radius 3 is 0.728 bits per heavy atom. The molecule has 3 heterocycles. The van der Waals surface area contributed by atoms with Gasteiger partial charge in [-0.2, -0.15) is 0 Å². The second-order valence-corrected chi connectivity index (χ2v) is 27.3. The summed E-state index contributed by atoms with van der Waals surface area (Å²) in [5, 5.41) is 13.5. The molecular formula is C75H123N7O21. The fraction of sp³-hybridized carbons (Fsp3) is 0.800. The molecule has 0 aromatic carbocycles. The number of Topliss-reactive ketones (excluding diaryl/α,β-unsaturated/α-hetero) is 2. The topological polar surface area (TPSA) is 369 Å². The maximum absolute atomic E-state index is 12.7. The normalized spacial score (nSPS) is 13.7. The highest BCUT2D eigenvalue weighted by Crippen LogP contribution is 2.19. The van der Waals surface area contributed by atoms with Crippen LogP contribution in [0.4, 0.5) is 0 Å². The molecule has 0 radical (unpaired) electrons. The van der Waals surface area contributed by atoms with E-state index in [0.29, 0.717) is 92.7 Å². The van der Waals surface area contributed by atoms with Crippen LogP contribution < -0.4 is 21.3 Å². The summed E-state index contributed by atoms with van der Waals surface area (Å²) in [7, 11) is 0. The first-order valence-electron chi connectivity index (χ1n) is 38.9. The Morgan fingerprint density at radius 1 is 0.252 bits per heavy atom. The summed E-state index contributed by atoms with van der Waals surface area (Å²) in [5.74, 6) is -4.66. The third-order valence-electron chi connectivity index (χ3n) is 17.9. The van der Waals surface area contributed by atoms with Gasteiger partial charge in [0.25, 0.3) is 35.4 Å². The van der Waals surface area contributed by atoms with E-state index in [1.54, 1.807) is 0 Å². The number of nitrogens with zero attached hydrogens (tertiary/aromatic N) is 3. The number of nitrogens with one attached hydrogen (secondary N) is 4. The van der Waals surface area contributed by atoms with Gasteiger partial charge < -0.3 is 50.0 Å². The second kappa shape index (κ2) is 59.2. The minimum absolute atomic E-state index is 0.0232. The lowest BCUT2D eigenvalue weighted by Gasteiger charge is -2.18. The molecular weight excluding hydrogens is 1330 g/mol. The molecule has 28 heteroatoms. The first-order chi connectivity index (χ1) is 49.9. The third kappa shape index (κ3) is 47.8. The van der Waals surface area contributed by atoms with Crippen LogP contribution in [-0.2, 0) is 101 Å². The predicted octanol–water partition coefficient (Wildman–Crippen LogP) is 9.85. The molecule has 0 unspecified atom stereocenters. The fourth-order valence-corrected chi connectivity index (χ4v) is 11.7. The number of carbonyl (C=O) groups excluding carboxylic acids is 15. The van der Waals surface area contributed by atoms with Crippen molar-refractivity contribution < 1.29 is 101 Å². The number of carbonyl (C=O) groups is 15. The zero-order chi connectivity index (χ0) is 74.8. The van der Waals surface area contributed by atoms with E-state index in [0.717, 1.165) is 186 Å². The van der Waals surface area contributed by atoms with Gasteiger partial charge in [0, 0.05) is 141 Å². The van der Waals surface area contributed by atoms with E-state index in [9.17, 15) is 71.9 Å². The zero-order valence-electron chi connectivity index (χ0n) is 61.7. The highest BCUT2D eigenvalue weighted by atomic mass is 16.7. The van der Waals surface area contributed by atoms with Gasteiger partial charge in [0.1, 0.15) is 11.6 Å². The van der Waals surface area contributed by atoms with Gasteiger partial charge >= 0.3 is 17.9 Å². The lowest BCUT2D eigenvalue weighted by Crippen LogP contribution is -2.31. The molecule has 4 N–H and O–H groups in total. The molecule has 0 saturated carbocycles. The van der Waals surface area contributed by atoms with Gasteiger partial charge in [-0.05, 0) is 77.0 Å². The van der Waals surface area contributed by atoms with Crippen LogP contribution in [0, 0.1) is 5.92 Å². The highest BCUT2D eigenvalue weighted by Gasteiger charge is 2.35. The second-order valence-electron chi connectivity index (χ2n) is 27.3. The fourth-order valence-electron chi connectivity index (χ4n) is 11.7. The molecule has 0 bridgehead atoms. The summed E-state index contributed by atoms with van der Waals surface area (Å²) >= 11 is 0. The van der Waals surface area contributed by atoms with E-state index in [4.69, 9.17) is 28.7 Å². The molecule has 3 rings (SSSR count). The summed E-state index contributed by atoms with van der Waals surface area (Å²) in [5.41, 5.74) is 0. The predicted molar refractivity (Wildman–Crippen MR) is 378 cm³/mol. The van der Waals surface area contributed by atoms with E-state index in [-0.39, 0.29) is 158 Å². The lowest BCUT2D eigenvalue weighted by atomic mass is 10.0. The smallest absolute Gasteiger partial charge is 0.333 e. The number of hydrogen-bond donors (Lipinski definition) is 4. The quantitative estimate of drug-likeness (QED) is 0.0325. The summed E-state index contributed by atoms with van der Waals surface area (Å²) in [6, 6.07) is 0. The van der Waals surface area contributed by atoms with Gasteiger partial charge in [-0.1, -0.05) is 128 Å². The number of amides is 10. The number of ketones is 2. The molecule has 10 amide bonds. The molecule has 3 aliphatic rings. The lowest BCUT2D eigenvalue weighted by molar-refractivity contribution is -0.197. The van der Waals surface area contributed by atoms with E-state index < -0.39 is 53.4 Å². The molecule has 3 fully saturated rings. The SMILES string of the molecule is O=C(CCCCCCCCC(=O)CCOCC(COCCC(=O)NCCCCCCCC(=O)NCCCCCCCC(=O)ON1C(=O)CCC1=O)COCCC(=O)NCCCCCCCC(=O)NCCCCCCCC(=O)ON1C(=O)CCC1=O)CCCCCCCCC(=O)ON1C(=O)CCC1=O. The number of ether oxygens (including phenoxy) is 3. The minimum Gasteiger partial charge on any atom is -0.381 e. The summed E-state index contributed by atoms with van der Waals surface area (Å²) < 4.78 is 17.8. The molecule has 3 saturated heterocycles. The third-order valence-corrected chi connectivity index (χ3v) is 17.9. The van der Waals surface area contributed by atoms with E-state index in [2.05, 4.69) is 21.3 Å². The maximum atomic E-state index is 12.7. The zero-order valence-corrected chi connectivity index (χ0v) is 61.7. The average Bonchev–Trinajstić information content (AvgIpc) is 1.75. The van der Waals surface area contributed by atoms with Gasteiger partial charge in [-0.3, -0.25) is 57.5 Å². The summed E-state index contributed by atoms with van der Waals surface area (Å²) in [6.07, 6.45) is 31.5.